The summed E-state index contributed by atoms with van der Waals surface area (Å²) in [4.78, 5) is 24.8. The third-order valence-electron chi connectivity index (χ3n) is 5.26. The molecule has 0 fully saturated rings. The fraction of sp³-hybridized carbons (Fsp3) is 0.609. The van der Waals surface area contributed by atoms with Crippen molar-refractivity contribution in [2.24, 2.45) is 5.73 Å². The topological polar surface area (TPSA) is 171 Å². The average Bonchev–Trinajstić information content (AvgIpc) is 3.25. The average molecular weight is 593 g/mol. The summed E-state index contributed by atoms with van der Waals surface area (Å²) in [6, 6.07) is 4.32. The van der Waals surface area contributed by atoms with E-state index >= 15 is 0 Å². The number of amides is 2. The van der Waals surface area contributed by atoms with Gasteiger partial charge in [0.05, 0.1) is 24.5 Å². The van der Waals surface area contributed by atoms with Gasteiger partial charge >= 0.3 is 0 Å². The molecule has 0 saturated carbocycles. The van der Waals surface area contributed by atoms with Crippen molar-refractivity contribution in [3.8, 4) is 0 Å². The van der Waals surface area contributed by atoms with E-state index < -0.39 is 27.3 Å². The summed E-state index contributed by atoms with van der Waals surface area (Å²) in [5.41, 5.74) is 5.54. The molecule has 38 heavy (non-hydrogen) atoms. The van der Waals surface area contributed by atoms with Crippen LogP contribution in [0.15, 0.2) is 18.2 Å². The van der Waals surface area contributed by atoms with Crippen LogP contribution in [0.3, 0.4) is 0 Å². The first-order valence-corrected chi connectivity index (χ1v) is 14.7. The number of hydrogen-bond acceptors (Lipinski definition) is 9. The molecular formula is C23H35Cl2N7O5S. The fourth-order valence-corrected chi connectivity index (χ4v) is 5.18. The summed E-state index contributed by atoms with van der Waals surface area (Å²) < 4.78 is 30.8. The first-order chi connectivity index (χ1) is 17.8. The third kappa shape index (κ3) is 11.2. The predicted molar refractivity (Wildman–Crippen MR) is 144 cm³/mol. The van der Waals surface area contributed by atoms with Crippen LogP contribution in [0, 0.1) is 0 Å². The Morgan fingerprint density at radius 3 is 2.50 bits per heavy atom. The van der Waals surface area contributed by atoms with E-state index in [9.17, 15) is 18.0 Å². The Hall–Kier alpha value is -2.32. The van der Waals surface area contributed by atoms with Gasteiger partial charge in [0.2, 0.25) is 11.8 Å². The smallest absolute Gasteiger partial charge is 0.240 e. The first-order valence-electron chi connectivity index (χ1n) is 12.2. The first kappa shape index (κ1) is 31.9. The van der Waals surface area contributed by atoms with Crippen LogP contribution in [-0.2, 0) is 37.3 Å². The lowest BCUT2D eigenvalue weighted by Gasteiger charge is -2.24. The van der Waals surface area contributed by atoms with Crippen LogP contribution in [0.4, 0.5) is 0 Å². The van der Waals surface area contributed by atoms with E-state index in [0.29, 0.717) is 28.7 Å². The molecule has 2 rings (SSSR count). The summed E-state index contributed by atoms with van der Waals surface area (Å²) in [7, 11) is -3.16. The van der Waals surface area contributed by atoms with Gasteiger partial charge in [-0.05, 0) is 60.9 Å². The molecule has 1 atom stereocenters. The number of sulfone groups is 1. The second-order valence-electron chi connectivity index (χ2n) is 9.41. The zero-order valence-corrected chi connectivity index (χ0v) is 24.1. The number of nitrogens with one attached hydrogen (secondary N) is 2. The monoisotopic (exact) mass is 591 g/mol. The fourth-order valence-electron chi connectivity index (χ4n) is 3.37. The van der Waals surface area contributed by atoms with E-state index in [1.807, 2.05) is 0 Å². The van der Waals surface area contributed by atoms with Gasteiger partial charge in [-0.1, -0.05) is 30.1 Å². The molecule has 1 aromatic heterocycles. The Kier molecular flexibility index (Phi) is 12.4. The third-order valence-corrected chi connectivity index (χ3v) is 7.55. The Labute approximate surface area is 232 Å². The molecule has 212 valence electrons. The second kappa shape index (κ2) is 14.7. The number of tetrazole rings is 1. The van der Waals surface area contributed by atoms with Crippen molar-refractivity contribution in [1.29, 1.82) is 0 Å². The van der Waals surface area contributed by atoms with Crippen molar-refractivity contribution in [2.45, 2.75) is 64.8 Å². The summed E-state index contributed by atoms with van der Waals surface area (Å²) >= 11 is 12.1. The molecule has 2 aromatic rings. The molecule has 15 heteroatoms. The van der Waals surface area contributed by atoms with Crippen molar-refractivity contribution in [2.75, 3.05) is 24.7 Å². The van der Waals surface area contributed by atoms with Gasteiger partial charge in [-0.3, -0.25) is 9.59 Å². The van der Waals surface area contributed by atoms with Crippen molar-refractivity contribution >= 4 is 44.9 Å². The maximum absolute atomic E-state index is 12.6. The largest absolute Gasteiger partial charge is 0.374 e. The molecule has 4 N–H and O–H groups in total. The van der Waals surface area contributed by atoms with E-state index in [2.05, 4.69) is 26.2 Å². The lowest BCUT2D eigenvalue weighted by molar-refractivity contribution is -0.126. The minimum Gasteiger partial charge on any atom is -0.374 e. The van der Waals surface area contributed by atoms with Gasteiger partial charge in [-0.25, -0.2) is 13.1 Å². The van der Waals surface area contributed by atoms with Crippen molar-refractivity contribution in [3.63, 3.8) is 0 Å². The lowest BCUT2D eigenvalue weighted by atomic mass is 10.1. The highest BCUT2D eigenvalue weighted by atomic mass is 35.5. The van der Waals surface area contributed by atoms with Gasteiger partial charge in [0.1, 0.15) is 6.04 Å². The maximum atomic E-state index is 12.6. The van der Waals surface area contributed by atoms with Crippen LogP contribution in [0.5, 0.6) is 0 Å². The van der Waals surface area contributed by atoms with Crippen LogP contribution in [0.2, 0.25) is 10.0 Å². The Bertz CT molecular complexity index is 1160. The quantitative estimate of drug-likeness (QED) is 0.263. The number of hydrogen-bond donors (Lipinski definition) is 3. The summed E-state index contributed by atoms with van der Waals surface area (Å²) in [6.07, 6.45) is 1.07. The highest BCUT2D eigenvalue weighted by Crippen LogP contribution is 2.20. The molecule has 0 bridgehead atoms. The normalized spacial score (nSPS) is 12.8. The molecule has 1 aromatic carbocycles. The molecule has 0 aliphatic carbocycles. The number of benzene rings is 1. The number of rotatable bonds is 16. The van der Waals surface area contributed by atoms with E-state index in [-0.39, 0.29) is 50.1 Å². The molecule has 0 aliphatic rings. The van der Waals surface area contributed by atoms with E-state index in [1.165, 1.54) is 4.68 Å². The highest BCUT2D eigenvalue weighted by molar-refractivity contribution is 7.91. The Morgan fingerprint density at radius 2 is 1.87 bits per heavy atom. The van der Waals surface area contributed by atoms with E-state index in [0.717, 1.165) is 5.56 Å². The zero-order valence-electron chi connectivity index (χ0n) is 21.7. The Balaban J connectivity index is 1.98. The van der Waals surface area contributed by atoms with Crippen molar-refractivity contribution in [1.82, 2.24) is 30.8 Å². The number of aryl methyl sites for hydroxylation is 1. The Morgan fingerprint density at radius 1 is 1.18 bits per heavy atom. The molecular weight excluding hydrogens is 557 g/mol. The number of carbonyl (C=O) groups excluding carboxylic acids is 2. The molecule has 0 saturated heterocycles. The van der Waals surface area contributed by atoms with E-state index in [4.69, 9.17) is 33.7 Å². The molecule has 1 heterocycles. The van der Waals surface area contributed by atoms with Gasteiger partial charge in [0.15, 0.2) is 15.7 Å². The molecule has 0 radical (unpaired) electrons. The summed E-state index contributed by atoms with van der Waals surface area (Å²) in [5.74, 6) is -0.365. The van der Waals surface area contributed by atoms with Gasteiger partial charge in [-0.15, -0.1) is 5.10 Å². The summed E-state index contributed by atoms with van der Waals surface area (Å²) in [5, 5.41) is 18.1. The van der Waals surface area contributed by atoms with E-state index in [1.54, 1.807) is 39.0 Å². The molecule has 0 spiro atoms. The van der Waals surface area contributed by atoms with Gasteiger partial charge in [0, 0.05) is 35.3 Å². The van der Waals surface area contributed by atoms with Crippen LogP contribution in [0.1, 0.15) is 57.5 Å². The van der Waals surface area contributed by atoms with Crippen LogP contribution in [-0.4, -0.2) is 70.6 Å². The van der Waals surface area contributed by atoms with Crippen LogP contribution >= 0.6 is 23.2 Å². The van der Waals surface area contributed by atoms with Crippen LogP contribution < -0.4 is 16.4 Å². The highest BCUT2D eigenvalue weighted by Gasteiger charge is 2.28. The molecule has 2 amide bonds. The number of halogens is 2. The summed E-state index contributed by atoms with van der Waals surface area (Å²) in [6.45, 7) is 5.49. The molecule has 0 unspecified atom stereocenters. The lowest BCUT2D eigenvalue weighted by Crippen LogP contribution is -2.51. The number of aromatic nitrogens is 4. The van der Waals surface area contributed by atoms with Gasteiger partial charge in [0.25, 0.3) is 0 Å². The van der Waals surface area contributed by atoms with Crippen molar-refractivity contribution < 1.29 is 22.7 Å². The standard InChI is InChI=1S/C23H35Cl2N7O5S/c1-4-9-38(35,36)10-7-27-20(33)6-5-8-32-21(29-30-31-32)19(28-22(34)23(2,3)26)15-37-14-16-11-17(24)13-18(25)12-16/h11-13,19H,4-10,14-15,26H2,1-3H3,(H,27,33)(H,28,34)/t19-/m1/s1. The number of nitrogens with zero attached hydrogens (tertiary/aromatic N) is 4. The molecule has 12 nitrogen and oxygen atoms in total. The number of carbonyl (C=O) groups is 2. The van der Waals surface area contributed by atoms with Gasteiger partial charge in [-0.2, -0.15) is 0 Å². The maximum Gasteiger partial charge on any atom is 0.240 e. The number of nitrogens with two attached hydrogens (primary N) is 1. The zero-order chi connectivity index (χ0) is 28.3. The number of ether oxygens (including phenoxy) is 1. The van der Waals surface area contributed by atoms with Crippen molar-refractivity contribution in [3.05, 3.63) is 39.6 Å². The van der Waals surface area contributed by atoms with Crippen LogP contribution in [0.25, 0.3) is 0 Å². The SMILES string of the molecule is CCCS(=O)(=O)CCNC(=O)CCCn1nnnc1[C@@H](COCc1cc(Cl)cc(Cl)c1)NC(=O)C(C)(C)N. The predicted octanol–water partition coefficient (Wildman–Crippen LogP) is 1.81. The second-order valence-corrected chi connectivity index (χ2v) is 12.6. The molecule has 0 aliphatic heterocycles. The minimum absolute atomic E-state index is 0.0268. The minimum atomic E-state index is -3.16. The van der Waals surface area contributed by atoms with Gasteiger partial charge < -0.3 is 21.1 Å².